The molecule has 0 aliphatic carbocycles. The third kappa shape index (κ3) is 2.41. The van der Waals surface area contributed by atoms with E-state index in [1.165, 1.54) is 11.8 Å². The minimum atomic E-state index is -1.16. The van der Waals surface area contributed by atoms with Crippen LogP contribution in [0.25, 0.3) is 0 Å². The van der Waals surface area contributed by atoms with E-state index in [9.17, 15) is 9.59 Å². The number of rotatable bonds is 1. The fraction of sp³-hybridized carbons (Fsp3) is 0.222. The van der Waals surface area contributed by atoms with Gasteiger partial charge in [-0.2, -0.15) is 0 Å². The van der Waals surface area contributed by atoms with Gasteiger partial charge in [0.25, 0.3) is 5.91 Å². The number of amides is 2. The number of nitrogens with one attached hydrogen (secondary N) is 1. The Labute approximate surface area is 149 Å². The van der Waals surface area contributed by atoms with Crippen LogP contribution >= 0.6 is 23.5 Å². The molecule has 0 aromatic heterocycles. The van der Waals surface area contributed by atoms with Gasteiger partial charge in [0.15, 0.2) is 4.75 Å². The maximum atomic E-state index is 13.3. The summed E-state index contributed by atoms with van der Waals surface area (Å²) in [5.41, 5.74) is 1.67. The minimum absolute atomic E-state index is 0.160. The van der Waals surface area contributed by atoms with Gasteiger partial charge in [-0.25, -0.2) is 0 Å². The normalized spacial score (nSPS) is 22.4. The lowest BCUT2D eigenvalue weighted by atomic mass is 10.1. The number of carbonyl (C=O) groups is 2. The van der Waals surface area contributed by atoms with Gasteiger partial charge in [0, 0.05) is 22.1 Å². The number of nitrogens with zero attached hydrogens (tertiary/aromatic N) is 1. The van der Waals surface area contributed by atoms with E-state index in [1.54, 1.807) is 23.6 Å². The van der Waals surface area contributed by atoms with E-state index in [1.807, 2.05) is 48.5 Å². The number of benzene rings is 2. The molecular formula is C18H16N2O2S2. The van der Waals surface area contributed by atoms with E-state index < -0.39 is 4.75 Å². The van der Waals surface area contributed by atoms with Crippen molar-refractivity contribution in [1.29, 1.82) is 0 Å². The summed E-state index contributed by atoms with van der Waals surface area (Å²) < 4.78 is -1.16. The van der Waals surface area contributed by atoms with Crippen LogP contribution in [-0.4, -0.2) is 28.9 Å². The molecule has 2 aromatic rings. The molecule has 24 heavy (non-hydrogen) atoms. The lowest BCUT2D eigenvalue weighted by Crippen LogP contribution is -2.54. The molecule has 2 aliphatic rings. The first-order valence-corrected chi connectivity index (χ1v) is 9.53. The Morgan fingerprint density at radius 3 is 2.67 bits per heavy atom. The molecule has 1 atom stereocenters. The van der Waals surface area contributed by atoms with Gasteiger partial charge in [-0.3, -0.25) is 9.59 Å². The van der Waals surface area contributed by atoms with E-state index >= 15 is 0 Å². The van der Waals surface area contributed by atoms with Gasteiger partial charge in [0.2, 0.25) is 5.91 Å². The maximum Gasteiger partial charge on any atom is 0.253 e. The van der Waals surface area contributed by atoms with Crippen molar-refractivity contribution >= 4 is 46.7 Å². The van der Waals surface area contributed by atoms with E-state index in [4.69, 9.17) is 0 Å². The first-order chi connectivity index (χ1) is 11.6. The van der Waals surface area contributed by atoms with Crippen molar-refractivity contribution in [2.24, 2.45) is 0 Å². The Bertz CT molecular complexity index is 839. The lowest BCUT2D eigenvalue weighted by molar-refractivity contribution is -0.128. The van der Waals surface area contributed by atoms with Crippen molar-refractivity contribution < 1.29 is 9.59 Å². The highest BCUT2D eigenvalue weighted by Crippen LogP contribution is 2.45. The predicted octanol–water partition coefficient (Wildman–Crippen LogP) is 3.63. The number of thioether (sulfide) groups is 2. The van der Waals surface area contributed by atoms with Crippen LogP contribution in [0.5, 0.6) is 0 Å². The fourth-order valence-electron chi connectivity index (χ4n) is 2.95. The monoisotopic (exact) mass is 356 g/mol. The van der Waals surface area contributed by atoms with Crippen LogP contribution in [0.2, 0.25) is 0 Å². The van der Waals surface area contributed by atoms with Gasteiger partial charge in [-0.1, -0.05) is 36.0 Å². The van der Waals surface area contributed by atoms with Crippen molar-refractivity contribution in [3.05, 3.63) is 48.5 Å². The summed E-state index contributed by atoms with van der Waals surface area (Å²) in [7, 11) is 0. The molecular weight excluding hydrogens is 340 g/mol. The quantitative estimate of drug-likeness (QED) is 0.793. The van der Waals surface area contributed by atoms with Crippen LogP contribution in [-0.2, 0) is 9.59 Å². The first kappa shape index (κ1) is 15.6. The summed E-state index contributed by atoms with van der Waals surface area (Å²) in [5, 5.41) is 2.88. The van der Waals surface area contributed by atoms with Crippen LogP contribution in [0.3, 0.4) is 0 Å². The molecule has 122 valence electrons. The Hall–Kier alpha value is -1.92. The molecule has 1 N–H and O–H groups in total. The highest BCUT2D eigenvalue weighted by atomic mass is 32.2. The van der Waals surface area contributed by atoms with Gasteiger partial charge < -0.3 is 10.2 Å². The summed E-state index contributed by atoms with van der Waals surface area (Å²) in [6, 6.07) is 15.5. The number of para-hydroxylation sites is 2. The molecule has 2 aliphatic heterocycles. The second kappa shape index (κ2) is 5.86. The average molecular weight is 356 g/mol. The lowest BCUT2D eigenvalue weighted by Gasteiger charge is -2.38. The number of hydrogen-bond donors (Lipinski definition) is 1. The smallest absolute Gasteiger partial charge is 0.253 e. The number of anilines is 2. The van der Waals surface area contributed by atoms with Crippen molar-refractivity contribution in [3.8, 4) is 0 Å². The zero-order valence-electron chi connectivity index (χ0n) is 13.1. The molecule has 2 aromatic carbocycles. The van der Waals surface area contributed by atoms with E-state index in [0.29, 0.717) is 6.54 Å². The molecule has 0 saturated heterocycles. The summed E-state index contributed by atoms with van der Waals surface area (Å²) in [6.07, 6.45) is 0. The van der Waals surface area contributed by atoms with Crippen LogP contribution in [0, 0.1) is 0 Å². The average Bonchev–Trinajstić information content (AvgIpc) is 2.61. The van der Waals surface area contributed by atoms with Crippen LogP contribution in [0.15, 0.2) is 58.3 Å². The highest BCUT2D eigenvalue weighted by Gasteiger charge is 2.48. The Morgan fingerprint density at radius 2 is 1.83 bits per heavy atom. The summed E-state index contributed by atoms with van der Waals surface area (Å²) in [6.45, 7) is 2.33. The van der Waals surface area contributed by atoms with Gasteiger partial charge in [0.05, 0.1) is 11.4 Å². The molecule has 2 heterocycles. The van der Waals surface area contributed by atoms with Crippen LogP contribution < -0.4 is 10.2 Å². The molecule has 0 spiro atoms. The second-order valence-corrected chi connectivity index (χ2v) is 8.46. The van der Waals surface area contributed by atoms with Gasteiger partial charge in [0.1, 0.15) is 0 Å². The number of hydrogen-bond acceptors (Lipinski definition) is 4. The van der Waals surface area contributed by atoms with Crippen LogP contribution in [0.1, 0.15) is 6.92 Å². The Morgan fingerprint density at radius 1 is 1.12 bits per heavy atom. The van der Waals surface area contributed by atoms with Gasteiger partial charge in [-0.15, -0.1) is 11.8 Å². The number of carbonyl (C=O) groups excluding carboxylic acids is 2. The summed E-state index contributed by atoms with van der Waals surface area (Å²) in [5.74, 6) is 0.418. The molecule has 4 rings (SSSR count). The fourth-order valence-corrected chi connectivity index (χ4v) is 5.10. The van der Waals surface area contributed by atoms with E-state index in [2.05, 4.69) is 5.32 Å². The Kier molecular flexibility index (Phi) is 3.81. The van der Waals surface area contributed by atoms with Gasteiger partial charge in [-0.05, 0) is 31.2 Å². The molecule has 0 fully saturated rings. The standard InChI is InChI=1S/C18H16N2O2S2/c1-18(16(21)19-12-6-2-4-8-14(12)24-18)17(22)20-10-11-23-15-9-5-3-7-13(15)20/h2-9H,10-11H2,1H3,(H,19,21). The van der Waals surface area contributed by atoms with Gasteiger partial charge >= 0.3 is 0 Å². The SMILES string of the molecule is CC1(C(=O)N2CCSc3ccccc32)Sc2ccccc2NC1=O. The molecule has 6 heteroatoms. The largest absolute Gasteiger partial charge is 0.323 e. The zero-order chi connectivity index (χ0) is 16.7. The second-order valence-electron chi connectivity index (χ2n) is 5.86. The molecule has 2 amide bonds. The third-order valence-electron chi connectivity index (χ3n) is 4.26. The van der Waals surface area contributed by atoms with Crippen molar-refractivity contribution in [2.45, 2.75) is 21.5 Å². The first-order valence-electron chi connectivity index (χ1n) is 7.73. The van der Waals surface area contributed by atoms with Crippen LogP contribution in [0.4, 0.5) is 11.4 Å². The number of fused-ring (bicyclic) bond motifs is 2. The molecule has 0 radical (unpaired) electrons. The minimum Gasteiger partial charge on any atom is -0.323 e. The van der Waals surface area contributed by atoms with E-state index in [-0.39, 0.29) is 11.8 Å². The van der Waals surface area contributed by atoms with Crippen molar-refractivity contribution in [2.75, 3.05) is 22.5 Å². The highest BCUT2D eigenvalue weighted by molar-refractivity contribution is 8.02. The topological polar surface area (TPSA) is 49.4 Å². The van der Waals surface area contributed by atoms with Crippen molar-refractivity contribution in [1.82, 2.24) is 0 Å². The summed E-state index contributed by atoms with van der Waals surface area (Å²) in [4.78, 5) is 29.7. The maximum absolute atomic E-state index is 13.3. The predicted molar refractivity (Wildman–Crippen MR) is 98.9 cm³/mol. The molecule has 0 bridgehead atoms. The van der Waals surface area contributed by atoms with Crippen molar-refractivity contribution in [3.63, 3.8) is 0 Å². The third-order valence-corrected chi connectivity index (χ3v) is 6.65. The zero-order valence-corrected chi connectivity index (χ0v) is 14.7. The molecule has 4 nitrogen and oxygen atoms in total. The Balaban J connectivity index is 1.71. The summed E-state index contributed by atoms with van der Waals surface area (Å²) >= 11 is 3.08. The van der Waals surface area contributed by atoms with E-state index in [0.717, 1.165) is 26.9 Å². The molecule has 1 unspecified atom stereocenters. The molecule has 0 saturated carbocycles.